The molecule has 0 atom stereocenters. The Morgan fingerprint density at radius 1 is 1.18 bits per heavy atom. The molecule has 0 radical (unpaired) electrons. The number of nitrogens with zero attached hydrogens (tertiary/aromatic N) is 1. The van der Waals surface area contributed by atoms with Gasteiger partial charge in [-0.05, 0) is 13.3 Å². The average Bonchev–Trinajstić information content (AvgIpc) is 2.51. The molecular weight excluding hydrogens is 218 g/mol. The Balaban J connectivity index is 2.77. The third kappa shape index (κ3) is 2.58. The molecule has 0 aromatic heterocycles. The van der Waals surface area contributed by atoms with Gasteiger partial charge in [0.05, 0.1) is 11.1 Å². The van der Waals surface area contributed by atoms with Crippen LogP contribution in [-0.2, 0) is 14.4 Å². The van der Waals surface area contributed by atoms with E-state index in [1.807, 2.05) is 0 Å². The van der Waals surface area contributed by atoms with Gasteiger partial charge in [0.2, 0.25) is 0 Å². The zero-order valence-electron chi connectivity index (χ0n) is 9.86. The molecule has 0 N–H and O–H groups in total. The Morgan fingerprint density at radius 3 is 2.00 bits per heavy atom. The second-order valence-corrected chi connectivity index (χ2v) is 3.80. The molecule has 90 valence electrons. The van der Waals surface area contributed by atoms with Gasteiger partial charge in [0.25, 0.3) is 11.8 Å². The lowest BCUT2D eigenvalue weighted by Gasteiger charge is -2.13. The number of carbonyl (C=O) groups is 3. The molecule has 0 saturated carbocycles. The summed E-state index contributed by atoms with van der Waals surface area (Å²) in [6.45, 7) is 8.76. The molecule has 0 saturated heterocycles. The molecule has 0 aromatic rings. The molecular formula is C13H15NO3. The number of hydrogen-bond acceptors (Lipinski definition) is 3. The van der Waals surface area contributed by atoms with E-state index in [1.54, 1.807) is 0 Å². The molecule has 0 aliphatic carbocycles. The van der Waals surface area contributed by atoms with Gasteiger partial charge >= 0.3 is 0 Å². The van der Waals surface area contributed by atoms with Crippen LogP contribution < -0.4 is 0 Å². The number of imide groups is 1. The second-order valence-electron chi connectivity index (χ2n) is 3.80. The maximum absolute atomic E-state index is 11.8. The van der Waals surface area contributed by atoms with Crippen molar-refractivity contribution in [2.45, 2.75) is 19.8 Å². The summed E-state index contributed by atoms with van der Waals surface area (Å²) in [4.78, 5) is 35.6. The van der Waals surface area contributed by atoms with Crippen molar-refractivity contribution < 1.29 is 14.4 Å². The van der Waals surface area contributed by atoms with Crippen LogP contribution in [0.15, 0.2) is 36.5 Å². The largest absolute Gasteiger partial charge is 0.300 e. The predicted octanol–water partition coefficient (Wildman–Crippen LogP) is 1.39. The highest BCUT2D eigenvalue weighted by molar-refractivity contribution is 6.21. The Labute approximate surface area is 100 Å². The first-order valence-corrected chi connectivity index (χ1v) is 5.37. The van der Waals surface area contributed by atoms with Gasteiger partial charge in [-0.15, -0.1) is 0 Å². The van der Waals surface area contributed by atoms with Crippen molar-refractivity contribution in [3.05, 3.63) is 36.5 Å². The lowest BCUT2D eigenvalue weighted by atomic mass is 10.1. The summed E-state index contributed by atoms with van der Waals surface area (Å²) in [6.07, 6.45) is 3.58. The van der Waals surface area contributed by atoms with Crippen molar-refractivity contribution in [1.29, 1.82) is 0 Å². The Kier molecular flexibility index (Phi) is 4.15. The minimum Gasteiger partial charge on any atom is -0.300 e. The maximum Gasteiger partial charge on any atom is 0.261 e. The van der Waals surface area contributed by atoms with E-state index in [0.29, 0.717) is 12.8 Å². The smallest absolute Gasteiger partial charge is 0.261 e. The molecule has 1 aliphatic rings. The third-order valence-electron chi connectivity index (χ3n) is 2.56. The number of amides is 2. The van der Waals surface area contributed by atoms with Gasteiger partial charge in [0.1, 0.15) is 5.78 Å². The van der Waals surface area contributed by atoms with E-state index in [2.05, 4.69) is 13.2 Å². The average molecular weight is 233 g/mol. The van der Waals surface area contributed by atoms with E-state index < -0.39 is 0 Å². The van der Waals surface area contributed by atoms with Crippen molar-refractivity contribution in [2.75, 3.05) is 6.54 Å². The minimum atomic E-state index is -0.358. The van der Waals surface area contributed by atoms with Gasteiger partial charge in [0.15, 0.2) is 0 Å². The summed E-state index contributed by atoms with van der Waals surface area (Å²) < 4.78 is 0. The fourth-order valence-corrected chi connectivity index (χ4v) is 1.70. The van der Waals surface area contributed by atoms with Crippen LogP contribution in [-0.4, -0.2) is 29.0 Å². The number of hydrogen-bond donors (Lipinski definition) is 0. The van der Waals surface area contributed by atoms with Crippen LogP contribution in [0.5, 0.6) is 0 Å². The molecule has 4 heteroatoms. The first-order valence-electron chi connectivity index (χ1n) is 5.37. The second kappa shape index (κ2) is 5.39. The zero-order chi connectivity index (χ0) is 13.0. The van der Waals surface area contributed by atoms with Crippen molar-refractivity contribution in [1.82, 2.24) is 4.90 Å². The monoisotopic (exact) mass is 233 g/mol. The summed E-state index contributed by atoms with van der Waals surface area (Å²) in [5, 5.41) is 0. The van der Waals surface area contributed by atoms with Crippen LogP contribution in [0.25, 0.3) is 0 Å². The van der Waals surface area contributed by atoms with Crippen LogP contribution in [0.2, 0.25) is 0 Å². The third-order valence-corrected chi connectivity index (χ3v) is 2.56. The minimum absolute atomic E-state index is 0.0462. The summed E-state index contributed by atoms with van der Waals surface area (Å²) in [7, 11) is 0. The predicted molar refractivity (Wildman–Crippen MR) is 64.1 cm³/mol. The Hall–Kier alpha value is -1.97. The molecule has 4 nitrogen and oxygen atoms in total. The molecule has 1 rings (SSSR count). The first kappa shape index (κ1) is 13.1. The van der Waals surface area contributed by atoms with Crippen LogP contribution in [0, 0.1) is 0 Å². The zero-order valence-corrected chi connectivity index (χ0v) is 9.86. The molecule has 17 heavy (non-hydrogen) atoms. The van der Waals surface area contributed by atoms with Gasteiger partial charge in [-0.3, -0.25) is 14.5 Å². The molecule has 2 amide bonds. The number of rotatable bonds is 6. The topological polar surface area (TPSA) is 54.5 Å². The normalized spacial score (nSPS) is 15.5. The fourth-order valence-electron chi connectivity index (χ4n) is 1.70. The maximum atomic E-state index is 11.8. The Bertz CT molecular complexity index is 402. The highest BCUT2D eigenvalue weighted by Crippen LogP contribution is 2.22. The Morgan fingerprint density at radius 2 is 1.65 bits per heavy atom. The van der Waals surface area contributed by atoms with E-state index in [4.69, 9.17) is 0 Å². The van der Waals surface area contributed by atoms with Gasteiger partial charge in [-0.1, -0.05) is 25.3 Å². The van der Waals surface area contributed by atoms with E-state index >= 15 is 0 Å². The molecule has 0 unspecified atom stereocenters. The van der Waals surface area contributed by atoms with Crippen molar-refractivity contribution in [2.24, 2.45) is 0 Å². The quantitative estimate of drug-likeness (QED) is 0.651. The molecule has 1 aliphatic heterocycles. The van der Waals surface area contributed by atoms with E-state index in [0.717, 1.165) is 4.90 Å². The van der Waals surface area contributed by atoms with Crippen LogP contribution >= 0.6 is 0 Å². The highest BCUT2D eigenvalue weighted by atomic mass is 16.2. The molecule has 0 fully saturated rings. The van der Waals surface area contributed by atoms with Crippen molar-refractivity contribution in [3.8, 4) is 0 Å². The lowest BCUT2D eigenvalue weighted by molar-refractivity contribution is -0.137. The number of carbonyl (C=O) groups excluding carboxylic acids is 3. The lowest BCUT2D eigenvalue weighted by Crippen LogP contribution is -2.32. The first-order chi connectivity index (χ1) is 8.02. The number of ketones is 1. The summed E-state index contributed by atoms with van der Waals surface area (Å²) in [5.74, 6) is -0.670. The van der Waals surface area contributed by atoms with Crippen LogP contribution in [0.1, 0.15) is 19.8 Å². The molecule has 0 spiro atoms. The van der Waals surface area contributed by atoms with Crippen molar-refractivity contribution in [3.63, 3.8) is 0 Å². The van der Waals surface area contributed by atoms with Crippen molar-refractivity contribution >= 4 is 17.6 Å². The highest BCUT2D eigenvalue weighted by Gasteiger charge is 2.34. The summed E-state index contributed by atoms with van der Waals surface area (Å²) in [5.41, 5.74) is 0.570. The van der Waals surface area contributed by atoms with Gasteiger partial charge in [0, 0.05) is 13.0 Å². The molecule has 0 aromatic carbocycles. The van der Waals surface area contributed by atoms with Crippen LogP contribution in [0.4, 0.5) is 0 Å². The summed E-state index contributed by atoms with van der Waals surface area (Å²) >= 11 is 0. The molecule has 1 heterocycles. The van der Waals surface area contributed by atoms with E-state index in [1.165, 1.54) is 19.1 Å². The van der Waals surface area contributed by atoms with Crippen LogP contribution in [0.3, 0.4) is 0 Å². The SMILES string of the molecule is C=CC1=C(C=C)C(=O)N(CCCC(C)=O)C1=O. The van der Waals surface area contributed by atoms with Gasteiger partial charge < -0.3 is 4.79 Å². The fraction of sp³-hybridized carbons (Fsp3) is 0.308. The van der Waals surface area contributed by atoms with E-state index in [-0.39, 0.29) is 35.3 Å². The number of Topliss-reactive ketones (excluding diaryl/α,β-unsaturated/α-hetero) is 1. The summed E-state index contributed by atoms with van der Waals surface area (Å²) in [6, 6.07) is 0. The van der Waals surface area contributed by atoms with E-state index in [9.17, 15) is 14.4 Å². The molecule has 0 bridgehead atoms. The standard InChI is InChI=1S/C13H15NO3/c1-4-10-11(5-2)13(17)14(12(10)16)8-6-7-9(3)15/h4-5H,1-2,6-8H2,3H3. The van der Waals surface area contributed by atoms with Gasteiger partial charge in [-0.25, -0.2) is 0 Å². The van der Waals surface area contributed by atoms with Gasteiger partial charge in [-0.2, -0.15) is 0 Å².